The number of nitrogens with zero attached hydrogens (tertiary/aromatic N) is 2. The number of H-pyrrole nitrogens is 1. The lowest BCUT2D eigenvalue weighted by molar-refractivity contribution is 0.270. The van der Waals surface area contributed by atoms with Crippen molar-refractivity contribution >= 4 is 34.0 Å². The van der Waals surface area contributed by atoms with Gasteiger partial charge in [0.15, 0.2) is 11.5 Å². The van der Waals surface area contributed by atoms with Crippen molar-refractivity contribution in [3.05, 3.63) is 96.1 Å². The largest absolute Gasteiger partial charge is 0.490 e. The first-order valence-corrected chi connectivity index (χ1v) is 10.9. The number of hydrogen-bond acceptors (Lipinski definition) is 5. The molecular formula is C27H24N4O2. The molecule has 0 aliphatic rings. The average molecular weight is 437 g/mol. The fourth-order valence-corrected chi connectivity index (χ4v) is 3.74. The quantitative estimate of drug-likeness (QED) is 0.226. The number of aromatic amines is 1. The molecule has 0 unspecified atom stereocenters. The van der Waals surface area contributed by atoms with Crippen LogP contribution in [0.3, 0.4) is 0 Å². The minimum absolute atomic E-state index is 0.461. The number of anilines is 1. The first-order chi connectivity index (χ1) is 16.3. The van der Waals surface area contributed by atoms with Gasteiger partial charge >= 0.3 is 0 Å². The van der Waals surface area contributed by atoms with Crippen LogP contribution in [-0.4, -0.2) is 22.8 Å². The number of fused-ring (bicyclic) bond motifs is 2. The summed E-state index contributed by atoms with van der Waals surface area (Å²) in [4.78, 5) is 7.64. The van der Waals surface area contributed by atoms with Gasteiger partial charge in [0, 0.05) is 0 Å². The number of ether oxygens (including phenoxy) is 2. The molecule has 0 atom stereocenters. The summed E-state index contributed by atoms with van der Waals surface area (Å²) in [5.41, 5.74) is 6.82. The third-order valence-corrected chi connectivity index (χ3v) is 5.30. The predicted molar refractivity (Wildman–Crippen MR) is 133 cm³/mol. The smallest absolute Gasteiger partial charge is 0.222 e. The molecule has 0 amide bonds. The maximum atomic E-state index is 6.15. The van der Waals surface area contributed by atoms with E-state index < -0.39 is 0 Å². The Kier molecular flexibility index (Phi) is 5.89. The number of hydrogen-bond donors (Lipinski definition) is 2. The molecule has 4 aromatic carbocycles. The Hall–Kier alpha value is -4.32. The van der Waals surface area contributed by atoms with Crippen molar-refractivity contribution in [3.63, 3.8) is 0 Å². The van der Waals surface area contributed by atoms with Gasteiger partial charge in [-0.3, -0.25) is 0 Å². The van der Waals surface area contributed by atoms with Gasteiger partial charge in [-0.25, -0.2) is 10.4 Å². The van der Waals surface area contributed by atoms with Crippen LogP contribution in [0.25, 0.3) is 21.8 Å². The van der Waals surface area contributed by atoms with Gasteiger partial charge in [-0.1, -0.05) is 54.6 Å². The van der Waals surface area contributed by atoms with E-state index in [2.05, 4.69) is 50.8 Å². The number of para-hydroxylation sites is 2. The second-order valence-corrected chi connectivity index (χ2v) is 7.54. The molecule has 0 aliphatic heterocycles. The van der Waals surface area contributed by atoms with E-state index >= 15 is 0 Å². The number of benzene rings is 4. The van der Waals surface area contributed by atoms with Crippen LogP contribution in [0.15, 0.2) is 90.0 Å². The van der Waals surface area contributed by atoms with Crippen molar-refractivity contribution in [2.24, 2.45) is 5.10 Å². The van der Waals surface area contributed by atoms with Crippen molar-refractivity contribution in [3.8, 4) is 11.5 Å². The molecule has 6 heteroatoms. The summed E-state index contributed by atoms with van der Waals surface area (Å²) in [6.45, 7) is 2.96. The van der Waals surface area contributed by atoms with Crippen LogP contribution in [0.1, 0.15) is 18.1 Å². The van der Waals surface area contributed by atoms with Crippen LogP contribution in [0.2, 0.25) is 0 Å². The second kappa shape index (κ2) is 9.44. The summed E-state index contributed by atoms with van der Waals surface area (Å²) in [5.74, 6) is 1.98. The Bertz CT molecular complexity index is 1390. The molecule has 1 aromatic heterocycles. The highest BCUT2D eigenvalue weighted by atomic mass is 16.5. The third-order valence-electron chi connectivity index (χ3n) is 5.30. The van der Waals surface area contributed by atoms with Crippen molar-refractivity contribution in [1.82, 2.24) is 9.97 Å². The van der Waals surface area contributed by atoms with E-state index in [1.54, 1.807) is 6.21 Å². The molecular weight excluding hydrogens is 412 g/mol. The van der Waals surface area contributed by atoms with E-state index in [4.69, 9.17) is 9.47 Å². The topological polar surface area (TPSA) is 71.5 Å². The average Bonchev–Trinajstić information content (AvgIpc) is 3.26. The van der Waals surface area contributed by atoms with Crippen molar-refractivity contribution in [2.45, 2.75) is 13.5 Å². The van der Waals surface area contributed by atoms with Crippen LogP contribution in [0.5, 0.6) is 11.5 Å². The number of aromatic nitrogens is 2. The van der Waals surface area contributed by atoms with Crippen LogP contribution >= 0.6 is 0 Å². The Morgan fingerprint density at radius 2 is 1.76 bits per heavy atom. The normalized spacial score (nSPS) is 11.3. The highest BCUT2D eigenvalue weighted by molar-refractivity contribution is 5.85. The number of imidazole rings is 1. The van der Waals surface area contributed by atoms with E-state index in [1.807, 2.05) is 61.5 Å². The summed E-state index contributed by atoms with van der Waals surface area (Å²) in [6.07, 6.45) is 1.73. The molecule has 5 rings (SSSR count). The second-order valence-electron chi connectivity index (χ2n) is 7.54. The van der Waals surface area contributed by atoms with Crippen LogP contribution in [-0.2, 0) is 6.61 Å². The van der Waals surface area contributed by atoms with Crippen molar-refractivity contribution in [2.75, 3.05) is 12.0 Å². The third kappa shape index (κ3) is 4.65. The van der Waals surface area contributed by atoms with E-state index in [1.165, 1.54) is 10.8 Å². The summed E-state index contributed by atoms with van der Waals surface area (Å²) in [6, 6.07) is 28.2. The molecule has 6 nitrogen and oxygen atoms in total. The SMILES string of the molecule is CCOc1cc(/C=N\Nc2nc3ccccc3[nH]2)ccc1OCc1cccc2ccccc12. The van der Waals surface area contributed by atoms with Gasteiger partial charge in [0.25, 0.3) is 0 Å². The van der Waals surface area contributed by atoms with Crippen LogP contribution in [0, 0.1) is 0 Å². The van der Waals surface area contributed by atoms with E-state index in [-0.39, 0.29) is 0 Å². The molecule has 5 aromatic rings. The lowest BCUT2D eigenvalue weighted by atomic mass is 10.1. The monoisotopic (exact) mass is 436 g/mol. The minimum atomic E-state index is 0.461. The Balaban J connectivity index is 1.30. The molecule has 0 fully saturated rings. The highest BCUT2D eigenvalue weighted by Crippen LogP contribution is 2.30. The first kappa shape index (κ1) is 20.6. The zero-order valence-corrected chi connectivity index (χ0v) is 18.3. The van der Waals surface area contributed by atoms with Gasteiger partial charge in [-0.2, -0.15) is 5.10 Å². The fourth-order valence-electron chi connectivity index (χ4n) is 3.74. The molecule has 0 bridgehead atoms. The number of nitrogens with one attached hydrogen (secondary N) is 2. The summed E-state index contributed by atoms with van der Waals surface area (Å²) in [7, 11) is 0. The van der Waals surface area contributed by atoms with Gasteiger partial charge in [0.1, 0.15) is 6.61 Å². The van der Waals surface area contributed by atoms with Gasteiger partial charge < -0.3 is 14.5 Å². The van der Waals surface area contributed by atoms with Gasteiger partial charge in [-0.15, -0.1) is 0 Å². The predicted octanol–water partition coefficient (Wildman–Crippen LogP) is 6.14. The number of rotatable bonds is 8. The summed E-state index contributed by atoms with van der Waals surface area (Å²) >= 11 is 0. The molecule has 0 aliphatic carbocycles. The Morgan fingerprint density at radius 1 is 0.909 bits per heavy atom. The Labute approximate surface area is 191 Å². The fraction of sp³-hybridized carbons (Fsp3) is 0.111. The van der Waals surface area contributed by atoms with Crippen molar-refractivity contribution in [1.29, 1.82) is 0 Å². The molecule has 164 valence electrons. The maximum absolute atomic E-state index is 6.15. The molecule has 0 radical (unpaired) electrons. The minimum Gasteiger partial charge on any atom is -0.490 e. The van der Waals surface area contributed by atoms with Gasteiger partial charge in [0.05, 0.1) is 23.9 Å². The zero-order valence-electron chi connectivity index (χ0n) is 18.3. The molecule has 33 heavy (non-hydrogen) atoms. The molecule has 1 heterocycles. The highest BCUT2D eigenvalue weighted by Gasteiger charge is 2.08. The molecule has 0 saturated heterocycles. The van der Waals surface area contributed by atoms with Gasteiger partial charge in [-0.05, 0) is 59.2 Å². The van der Waals surface area contributed by atoms with Crippen LogP contribution in [0.4, 0.5) is 5.95 Å². The molecule has 0 saturated carbocycles. The zero-order chi connectivity index (χ0) is 22.5. The van der Waals surface area contributed by atoms with E-state index in [9.17, 15) is 0 Å². The standard InChI is InChI=1S/C27H24N4O2/c1-2-32-26-16-19(17-28-31-27-29-23-12-5-6-13-24(23)30-27)14-15-25(26)33-18-21-10-7-9-20-8-3-4-11-22(20)21/h3-17H,2,18H2,1H3,(H2,29,30,31)/b28-17-. The molecule has 0 spiro atoms. The van der Waals surface area contributed by atoms with E-state index in [0.717, 1.165) is 22.2 Å². The van der Waals surface area contributed by atoms with Crippen molar-refractivity contribution < 1.29 is 9.47 Å². The Morgan fingerprint density at radius 3 is 2.67 bits per heavy atom. The molecule has 2 N–H and O–H groups in total. The van der Waals surface area contributed by atoms with Gasteiger partial charge in [0.2, 0.25) is 5.95 Å². The summed E-state index contributed by atoms with van der Waals surface area (Å²) < 4.78 is 12.0. The first-order valence-electron chi connectivity index (χ1n) is 10.9. The summed E-state index contributed by atoms with van der Waals surface area (Å²) in [5, 5.41) is 6.69. The van der Waals surface area contributed by atoms with E-state index in [0.29, 0.717) is 30.7 Å². The maximum Gasteiger partial charge on any atom is 0.222 e. The lowest BCUT2D eigenvalue weighted by Gasteiger charge is -2.13. The van der Waals surface area contributed by atoms with Crippen LogP contribution < -0.4 is 14.9 Å². The number of hydrazone groups is 1. The lowest BCUT2D eigenvalue weighted by Crippen LogP contribution is -2.01.